The van der Waals surface area contributed by atoms with Gasteiger partial charge in [-0.15, -0.1) is 0 Å². The molecule has 5 nitrogen and oxygen atoms in total. The standard InChI is InChI=1S/C16H10BrIN2O3/c17-8-5-6-11(18)10(7-8)16(22)20-13-9-3-1-2-4-12(9)23-14(13)15(19)21/h1-7H,(H2,19,21)(H,20,22). The maximum absolute atomic E-state index is 12.6. The van der Waals surface area contributed by atoms with Gasteiger partial charge in [-0.05, 0) is 52.9 Å². The average Bonchev–Trinajstić information content (AvgIpc) is 2.89. The molecule has 1 heterocycles. The van der Waals surface area contributed by atoms with Gasteiger partial charge in [0.15, 0.2) is 0 Å². The molecule has 0 aliphatic rings. The Bertz CT molecular complexity index is 936. The number of hydrogen-bond donors (Lipinski definition) is 2. The van der Waals surface area contributed by atoms with Crippen molar-refractivity contribution >= 4 is 67.0 Å². The third-order valence-electron chi connectivity index (χ3n) is 3.23. The number of rotatable bonds is 3. The van der Waals surface area contributed by atoms with Crippen LogP contribution in [0.25, 0.3) is 11.0 Å². The fraction of sp³-hybridized carbons (Fsp3) is 0. The zero-order chi connectivity index (χ0) is 16.6. The third kappa shape index (κ3) is 3.11. The first-order valence-corrected chi connectivity index (χ1v) is 8.42. The van der Waals surface area contributed by atoms with Crippen molar-refractivity contribution in [2.75, 3.05) is 5.32 Å². The van der Waals surface area contributed by atoms with Crippen molar-refractivity contribution in [1.82, 2.24) is 0 Å². The summed E-state index contributed by atoms with van der Waals surface area (Å²) in [6, 6.07) is 12.4. The summed E-state index contributed by atoms with van der Waals surface area (Å²) in [5, 5.41) is 3.36. The van der Waals surface area contributed by atoms with E-state index in [1.165, 1.54) is 0 Å². The first kappa shape index (κ1) is 16.0. The van der Waals surface area contributed by atoms with E-state index < -0.39 is 5.91 Å². The second-order valence-electron chi connectivity index (χ2n) is 4.74. The highest BCUT2D eigenvalue weighted by Crippen LogP contribution is 2.31. The van der Waals surface area contributed by atoms with E-state index in [-0.39, 0.29) is 17.4 Å². The van der Waals surface area contributed by atoms with E-state index in [1.54, 1.807) is 30.3 Å². The van der Waals surface area contributed by atoms with Gasteiger partial charge in [0.05, 0.1) is 5.56 Å². The monoisotopic (exact) mass is 484 g/mol. The van der Waals surface area contributed by atoms with Crippen molar-refractivity contribution in [1.29, 1.82) is 0 Å². The molecule has 2 amide bonds. The minimum absolute atomic E-state index is 0.0652. The molecule has 0 spiro atoms. The number of furan rings is 1. The van der Waals surface area contributed by atoms with E-state index in [0.717, 1.165) is 8.04 Å². The predicted molar refractivity (Wildman–Crippen MR) is 99.5 cm³/mol. The number of para-hydroxylation sites is 1. The number of hydrogen-bond acceptors (Lipinski definition) is 3. The predicted octanol–water partition coefficient (Wildman–Crippen LogP) is 4.15. The van der Waals surface area contributed by atoms with Crippen LogP contribution in [-0.2, 0) is 0 Å². The molecule has 0 bridgehead atoms. The molecule has 0 saturated heterocycles. The molecule has 116 valence electrons. The summed E-state index contributed by atoms with van der Waals surface area (Å²) in [7, 11) is 0. The largest absolute Gasteiger partial charge is 0.449 e. The van der Waals surface area contributed by atoms with Crippen LogP contribution in [0.5, 0.6) is 0 Å². The highest BCUT2D eigenvalue weighted by molar-refractivity contribution is 14.1. The fourth-order valence-electron chi connectivity index (χ4n) is 2.20. The lowest BCUT2D eigenvalue weighted by molar-refractivity contribution is 0.0977. The van der Waals surface area contributed by atoms with Gasteiger partial charge >= 0.3 is 0 Å². The van der Waals surface area contributed by atoms with Crippen molar-refractivity contribution < 1.29 is 14.0 Å². The Morgan fingerprint density at radius 1 is 1.17 bits per heavy atom. The Morgan fingerprint density at radius 2 is 1.91 bits per heavy atom. The number of amides is 2. The Hall–Kier alpha value is -1.87. The Kier molecular flexibility index (Phi) is 4.40. The van der Waals surface area contributed by atoms with Crippen LogP contribution in [0.4, 0.5) is 5.69 Å². The van der Waals surface area contributed by atoms with Crippen LogP contribution in [-0.4, -0.2) is 11.8 Å². The van der Waals surface area contributed by atoms with Gasteiger partial charge < -0.3 is 15.5 Å². The van der Waals surface area contributed by atoms with E-state index in [0.29, 0.717) is 16.5 Å². The SMILES string of the molecule is NC(=O)c1oc2ccccc2c1NC(=O)c1cc(Br)ccc1I. The Labute approximate surface area is 153 Å². The smallest absolute Gasteiger partial charge is 0.286 e. The number of carbonyl (C=O) groups excluding carboxylic acids is 2. The number of fused-ring (bicyclic) bond motifs is 1. The van der Waals surface area contributed by atoms with Crippen molar-refractivity contribution in [3.8, 4) is 0 Å². The molecule has 0 aliphatic heterocycles. The number of primary amides is 1. The first-order valence-electron chi connectivity index (χ1n) is 6.55. The molecule has 3 aromatic rings. The summed E-state index contributed by atoms with van der Waals surface area (Å²) in [6.07, 6.45) is 0. The van der Waals surface area contributed by atoms with Gasteiger partial charge in [0.2, 0.25) is 5.76 Å². The molecule has 0 radical (unpaired) electrons. The summed E-state index contributed by atoms with van der Waals surface area (Å²) in [4.78, 5) is 24.2. The molecule has 1 aromatic heterocycles. The lowest BCUT2D eigenvalue weighted by Crippen LogP contribution is -2.17. The van der Waals surface area contributed by atoms with E-state index in [2.05, 4.69) is 43.8 Å². The molecule has 7 heteroatoms. The van der Waals surface area contributed by atoms with Crippen LogP contribution < -0.4 is 11.1 Å². The Balaban J connectivity index is 2.07. The van der Waals surface area contributed by atoms with Gasteiger partial charge in [-0.25, -0.2) is 0 Å². The Morgan fingerprint density at radius 3 is 2.65 bits per heavy atom. The van der Waals surface area contributed by atoms with Crippen molar-refractivity contribution in [3.63, 3.8) is 0 Å². The molecule has 23 heavy (non-hydrogen) atoms. The second kappa shape index (κ2) is 6.32. The van der Waals surface area contributed by atoms with Crippen LogP contribution >= 0.6 is 38.5 Å². The summed E-state index contributed by atoms with van der Waals surface area (Å²) >= 11 is 5.42. The van der Waals surface area contributed by atoms with Gasteiger partial charge in [-0.2, -0.15) is 0 Å². The number of anilines is 1. The number of halogens is 2. The minimum atomic E-state index is -0.736. The van der Waals surface area contributed by atoms with E-state index >= 15 is 0 Å². The number of nitrogens with one attached hydrogen (secondary N) is 1. The molecule has 3 rings (SSSR count). The molecule has 0 unspecified atom stereocenters. The lowest BCUT2D eigenvalue weighted by Gasteiger charge is -2.07. The van der Waals surface area contributed by atoms with Crippen LogP contribution in [0.15, 0.2) is 51.4 Å². The molecule has 0 atom stereocenters. The normalized spacial score (nSPS) is 10.7. The molecule has 0 aliphatic carbocycles. The second-order valence-corrected chi connectivity index (χ2v) is 6.82. The van der Waals surface area contributed by atoms with Crippen LogP contribution in [0.3, 0.4) is 0 Å². The van der Waals surface area contributed by atoms with Crippen LogP contribution in [0.1, 0.15) is 20.9 Å². The van der Waals surface area contributed by atoms with Gasteiger partial charge in [0, 0.05) is 13.4 Å². The molecule has 0 saturated carbocycles. The fourth-order valence-corrected chi connectivity index (χ4v) is 3.14. The van der Waals surface area contributed by atoms with Crippen LogP contribution in [0.2, 0.25) is 0 Å². The van der Waals surface area contributed by atoms with Gasteiger partial charge in [-0.1, -0.05) is 28.1 Å². The molecular weight excluding hydrogens is 475 g/mol. The molecule has 2 aromatic carbocycles. The van der Waals surface area contributed by atoms with Gasteiger partial charge in [-0.3, -0.25) is 9.59 Å². The quantitative estimate of drug-likeness (QED) is 0.547. The third-order valence-corrected chi connectivity index (χ3v) is 4.66. The van der Waals surface area contributed by atoms with Crippen LogP contribution in [0, 0.1) is 3.57 Å². The van der Waals surface area contributed by atoms with Crippen molar-refractivity contribution in [3.05, 3.63) is 61.8 Å². The van der Waals surface area contributed by atoms with E-state index in [4.69, 9.17) is 10.2 Å². The topological polar surface area (TPSA) is 85.3 Å². The van der Waals surface area contributed by atoms with Crippen molar-refractivity contribution in [2.45, 2.75) is 0 Å². The zero-order valence-electron chi connectivity index (χ0n) is 11.6. The summed E-state index contributed by atoms with van der Waals surface area (Å²) in [5.41, 5.74) is 6.61. The zero-order valence-corrected chi connectivity index (χ0v) is 15.3. The van der Waals surface area contributed by atoms with Crippen molar-refractivity contribution in [2.24, 2.45) is 5.73 Å². The highest BCUT2D eigenvalue weighted by Gasteiger charge is 2.21. The average molecular weight is 485 g/mol. The molecule has 0 fully saturated rings. The van der Waals surface area contributed by atoms with E-state index in [9.17, 15) is 9.59 Å². The molecular formula is C16H10BrIN2O3. The summed E-state index contributed by atoms with van der Waals surface area (Å²) in [5.74, 6) is -1.14. The maximum Gasteiger partial charge on any atom is 0.286 e. The lowest BCUT2D eigenvalue weighted by atomic mass is 10.2. The minimum Gasteiger partial charge on any atom is -0.449 e. The number of nitrogens with two attached hydrogens (primary N) is 1. The molecule has 3 N–H and O–H groups in total. The maximum atomic E-state index is 12.6. The number of benzene rings is 2. The van der Waals surface area contributed by atoms with Gasteiger partial charge in [0.1, 0.15) is 11.3 Å². The number of carbonyl (C=O) groups is 2. The summed E-state index contributed by atoms with van der Waals surface area (Å²) in [6.45, 7) is 0. The summed E-state index contributed by atoms with van der Waals surface area (Å²) < 4.78 is 7.03. The van der Waals surface area contributed by atoms with Gasteiger partial charge in [0.25, 0.3) is 11.8 Å². The van der Waals surface area contributed by atoms with E-state index in [1.807, 2.05) is 12.1 Å². The highest BCUT2D eigenvalue weighted by atomic mass is 127. The first-order chi connectivity index (χ1) is 11.0.